The van der Waals surface area contributed by atoms with Gasteiger partial charge >= 0.3 is 0 Å². The number of carbonyl (C=O) groups excluding carboxylic acids is 1. The molecule has 0 saturated heterocycles. The third kappa shape index (κ3) is 3.05. The Morgan fingerprint density at radius 2 is 1.82 bits per heavy atom. The molecule has 0 atom stereocenters. The lowest BCUT2D eigenvalue weighted by atomic mass is 10.2. The van der Waals surface area contributed by atoms with E-state index >= 15 is 0 Å². The van der Waals surface area contributed by atoms with Gasteiger partial charge in [0.25, 0.3) is 0 Å². The third-order valence-corrected chi connectivity index (χ3v) is 2.28. The van der Waals surface area contributed by atoms with Gasteiger partial charge in [-0.3, -0.25) is 4.79 Å². The van der Waals surface area contributed by atoms with Crippen LogP contribution in [0.15, 0.2) is 12.1 Å². The molecular formula is C11H15F2N3O. The SMILES string of the molecule is CC(C)N(CC(N)=O)c1c(F)cc(N)cc1F. The number of benzene rings is 1. The molecule has 0 spiro atoms. The second-order valence-electron chi connectivity index (χ2n) is 4.02. The number of nitrogens with zero attached hydrogens (tertiary/aromatic N) is 1. The minimum atomic E-state index is -0.808. The van der Waals surface area contributed by atoms with Gasteiger partial charge in [-0.2, -0.15) is 0 Å². The molecule has 0 heterocycles. The lowest BCUT2D eigenvalue weighted by Crippen LogP contribution is -2.39. The molecule has 1 amide bonds. The number of anilines is 2. The van der Waals surface area contributed by atoms with Crippen LogP contribution in [0, 0.1) is 11.6 Å². The first kappa shape index (κ1) is 13.2. The summed E-state index contributed by atoms with van der Waals surface area (Å²) in [6, 6.07) is 1.75. The number of carbonyl (C=O) groups is 1. The predicted octanol–water partition coefficient (Wildman–Crippen LogP) is 1.25. The largest absolute Gasteiger partial charge is 0.399 e. The lowest BCUT2D eigenvalue weighted by molar-refractivity contribution is -0.116. The van der Waals surface area contributed by atoms with E-state index in [-0.39, 0.29) is 24.0 Å². The van der Waals surface area contributed by atoms with Gasteiger partial charge in [-0.15, -0.1) is 0 Å². The Bertz CT molecular complexity index is 412. The zero-order valence-corrected chi connectivity index (χ0v) is 9.71. The second kappa shape index (κ2) is 4.99. The van der Waals surface area contributed by atoms with E-state index in [1.54, 1.807) is 13.8 Å². The maximum atomic E-state index is 13.7. The first-order valence-electron chi connectivity index (χ1n) is 5.12. The van der Waals surface area contributed by atoms with E-state index in [2.05, 4.69) is 0 Å². The van der Waals surface area contributed by atoms with Crippen molar-refractivity contribution in [2.75, 3.05) is 17.2 Å². The topological polar surface area (TPSA) is 72.3 Å². The second-order valence-corrected chi connectivity index (χ2v) is 4.02. The molecule has 0 unspecified atom stereocenters. The molecule has 4 nitrogen and oxygen atoms in total. The zero-order valence-electron chi connectivity index (χ0n) is 9.71. The van der Waals surface area contributed by atoms with Crippen LogP contribution in [0.5, 0.6) is 0 Å². The molecule has 17 heavy (non-hydrogen) atoms. The standard InChI is InChI=1S/C11H15F2N3O/c1-6(2)16(5-10(15)17)11-8(12)3-7(14)4-9(11)13/h3-4,6H,5,14H2,1-2H3,(H2,15,17). The van der Waals surface area contributed by atoms with Crippen molar-refractivity contribution in [2.24, 2.45) is 5.73 Å². The molecule has 0 saturated carbocycles. The molecule has 0 aliphatic rings. The molecule has 0 aromatic heterocycles. The summed E-state index contributed by atoms with van der Waals surface area (Å²) in [4.78, 5) is 12.1. The molecule has 1 aromatic rings. The number of amides is 1. The number of nitrogen functional groups attached to an aromatic ring is 1. The van der Waals surface area contributed by atoms with Crippen LogP contribution < -0.4 is 16.4 Å². The van der Waals surface area contributed by atoms with Gasteiger partial charge in [0.05, 0.1) is 6.54 Å². The van der Waals surface area contributed by atoms with Crippen LogP contribution in [-0.4, -0.2) is 18.5 Å². The van der Waals surface area contributed by atoms with Crippen molar-refractivity contribution in [1.82, 2.24) is 0 Å². The number of nitrogens with two attached hydrogens (primary N) is 2. The van der Waals surface area contributed by atoms with E-state index in [0.29, 0.717) is 0 Å². The summed E-state index contributed by atoms with van der Waals surface area (Å²) < 4.78 is 27.3. The minimum absolute atomic E-state index is 0.00784. The number of hydrogen-bond acceptors (Lipinski definition) is 3. The summed E-state index contributed by atoms with van der Waals surface area (Å²) in [5, 5.41) is 0. The van der Waals surface area contributed by atoms with Crippen LogP contribution in [0.25, 0.3) is 0 Å². The molecule has 0 bridgehead atoms. The molecular weight excluding hydrogens is 228 g/mol. The van der Waals surface area contributed by atoms with Crippen molar-refractivity contribution in [3.8, 4) is 0 Å². The third-order valence-electron chi connectivity index (χ3n) is 2.28. The summed E-state index contributed by atoms with van der Waals surface area (Å²) in [6.07, 6.45) is 0. The minimum Gasteiger partial charge on any atom is -0.399 e. The Labute approximate surface area is 98.2 Å². The van der Waals surface area contributed by atoms with E-state index in [1.165, 1.54) is 4.90 Å². The van der Waals surface area contributed by atoms with Crippen LogP contribution in [-0.2, 0) is 4.79 Å². The quantitative estimate of drug-likeness (QED) is 0.782. The van der Waals surface area contributed by atoms with Crippen molar-refractivity contribution in [3.05, 3.63) is 23.8 Å². The molecule has 1 rings (SSSR count). The van der Waals surface area contributed by atoms with Gasteiger partial charge in [-0.25, -0.2) is 8.78 Å². The summed E-state index contributed by atoms with van der Waals surface area (Å²) in [5.74, 6) is -2.27. The Balaban J connectivity index is 3.23. The molecule has 0 radical (unpaired) electrons. The Morgan fingerprint density at radius 1 is 1.35 bits per heavy atom. The lowest BCUT2D eigenvalue weighted by Gasteiger charge is -2.28. The molecule has 94 valence electrons. The molecule has 6 heteroatoms. The highest BCUT2D eigenvalue weighted by Gasteiger charge is 2.21. The average Bonchev–Trinajstić information content (AvgIpc) is 2.13. The monoisotopic (exact) mass is 243 g/mol. The first-order chi connectivity index (χ1) is 7.82. The summed E-state index contributed by atoms with van der Waals surface area (Å²) in [5.41, 5.74) is 10.1. The summed E-state index contributed by atoms with van der Waals surface area (Å²) in [6.45, 7) is 3.16. The number of primary amides is 1. The van der Waals surface area contributed by atoms with Gasteiger partial charge in [0.2, 0.25) is 5.91 Å². The Kier molecular flexibility index (Phi) is 3.88. The normalized spacial score (nSPS) is 10.6. The fraction of sp³-hybridized carbons (Fsp3) is 0.364. The summed E-state index contributed by atoms with van der Waals surface area (Å²) in [7, 11) is 0. The Hall–Kier alpha value is -1.85. The maximum absolute atomic E-state index is 13.7. The summed E-state index contributed by atoms with van der Waals surface area (Å²) >= 11 is 0. The van der Waals surface area contributed by atoms with E-state index in [9.17, 15) is 13.6 Å². The molecule has 1 aromatic carbocycles. The number of hydrogen-bond donors (Lipinski definition) is 2. The van der Waals surface area contributed by atoms with Gasteiger partial charge < -0.3 is 16.4 Å². The van der Waals surface area contributed by atoms with Crippen molar-refractivity contribution in [2.45, 2.75) is 19.9 Å². The van der Waals surface area contributed by atoms with E-state index in [0.717, 1.165) is 12.1 Å². The van der Waals surface area contributed by atoms with Crippen LogP contribution in [0.4, 0.5) is 20.2 Å². The van der Waals surface area contributed by atoms with Gasteiger partial charge in [-0.1, -0.05) is 0 Å². The van der Waals surface area contributed by atoms with Crippen LogP contribution in [0.3, 0.4) is 0 Å². The first-order valence-corrected chi connectivity index (χ1v) is 5.12. The van der Waals surface area contributed by atoms with E-state index in [4.69, 9.17) is 11.5 Å². The highest BCUT2D eigenvalue weighted by Crippen LogP contribution is 2.27. The average molecular weight is 243 g/mol. The number of rotatable bonds is 4. The van der Waals surface area contributed by atoms with Crippen LogP contribution in [0.1, 0.15) is 13.8 Å². The fourth-order valence-electron chi connectivity index (χ4n) is 1.55. The molecule has 0 aliphatic carbocycles. The van der Waals surface area contributed by atoms with Gasteiger partial charge in [-0.05, 0) is 26.0 Å². The van der Waals surface area contributed by atoms with Gasteiger partial charge in [0, 0.05) is 11.7 Å². The van der Waals surface area contributed by atoms with Crippen molar-refractivity contribution in [1.29, 1.82) is 0 Å². The van der Waals surface area contributed by atoms with Crippen LogP contribution in [0.2, 0.25) is 0 Å². The fourth-order valence-corrected chi connectivity index (χ4v) is 1.55. The van der Waals surface area contributed by atoms with Crippen LogP contribution >= 0.6 is 0 Å². The maximum Gasteiger partial charge on any atom is 0.236 e. The molecule has 0 aliphatic heterocycles. The van der Waals surface area contributed by atoms with Crippen molar-refractivity contribution >= 4 is 17.3 Å². The van der Waals surface area contributed by atoms with Crippen molar-refractivity contribution < 1.29 is 13.6 Å². The van der Waals surface area contributed by atoms with E-state index < -0.39 is 17.5 Å². The smallest absolute Gasteiger partial charge is 0.236 e. The van der Waals surface area contributed by atoms with Gasteiger partial charge in [0.1, 0.15) is 5.69 Å². The van der Waals surface area contributed by atoms with Crippen molar-refractivity contribution in [3.63, 3.8) is 0 Å². The Morgan fingerprint density at radius 3 is 2.18 bits per heavy atom. The number of halogens is 2. The molecule has 0 fully saturated rings. The van der Waals surface area contributed by atoms with Gasteiger partial charge in [0.15, 0.2) is 11.6 Å². The highest BCUT2D eigenvalue weighted by molar-refractivity contribution is 5.80. The molecule has 4 N–H and O–H groups in total. The predicted molar refractivity (Wildman–Crippen MR) is 62.4 cm³/mol. The highest BCUT2D eigenvalue weighted by atomic mass is 19.1. The zero-order chi connectivity index (χ0) is 13.2. The van der Waals surface area contributed by atoms with E-state index in [1.807, 2.05) is 0 Å².